The van der Waals surface area contributed by atoms with Gasteiger partial charge in [0.15, 0.2) is 15.8 Å². The summed E-state index contributed by atoms with van der Waals surface area (Å²) in [6.07, 6.45) is 1.62. The van der Waals surface area contributed by atoms with Crippen LogP contribution in [0.4, 0.5) is 0 Å². The van der Waals surface area contributed by atoms with Crippen LogP contribution in [0.1, 0.15) is 34.3 Å². The highest BCUT2D eigenvalue weighted by atomic mass is 32.2. The van der Waals surface area contributed by atoms with E-state index in [4.69, 9.17) is 11.5 Å². The molecule has 0 fully saturated rings. The normalized spacial score (nSPS) is 19.2. The van der Waals surface area contributed by atoms with Gasteiger partial charge in [0.1, 0.15) is 0 Å². The van der Waals surface area contributed by atoms with E-state index in [0.29, 0.717) is 11.1 Å². The van der Waals surface area contributed by atoms with Crippen molar-refractivity contribution in [2.24, 2.45) is 16.5 Å². The standard InChI is InChI=1S/C13H15N3O3S/c1-7-3-4-20(18,19)11-6-10(8(2)5-9(7)11)12(17)16-13(14)15/h3-7H,1-2H3,(H4,14,15,16,17). The quantitative estimate of drug-likeness (QED) is 0.587. The number of aryl methyl sites for hydroxylation is 1. The van der Waals surface area contributed by atoms with Crippen LogP contribution in [0, 0.1) is 6.92 Å². The number of guanidine groups is 1. The Bertz CT molecular complexity index is 744. The first-order valence-corrected chi connectivity index (χ1v) is 7.49. The fraction of sp³-hybridized carbons (Fsp3) is 0.231. The topological polar surface area (TPSA) is 116 Å². The summed E-state index contributed by atoms with van der Waals surface area (Å²) in [5, 5.41) is 1.16. The number of allylic oxidation sites excluding steroid dienone is 1. The van der Waals surface area contributed by atoms with Gasteiger partial charge in [-0.25, -0.2) is 8.42 Å². The van der Waals surface area contributed by atoms with Crippen molar-refractivity contribution in [3.63, 3.8) is 0 Å². The zero-order valence-electron chi connectivity index (χ0n) is 11.1. The van der Waals surface area contributed by atoms with Crippen molar-refractivity contribution in [1.82, 2.24) is 0 Å². The number of hydrogen-bond donors (Lipinski definition) is 2. The van der Waals surface area contributed by atoms with Crippen LogP contribution in [-0.4, -0.2) is 20.3 Å². The van der Waals surface area contributed by atoms with Gasteiger partial charge in [-0.3, -0.25) is 4.79 Å². The summed E-state index contributed by atoms with van der Waals surface area (Å²) < 4.78 is 24.1. The first-order chi connectivity index (χ1) is 9.22. The minimum atomic E-state index is -3.52. The Morgan fingerprint density at radius 1 is 1.30 bits per heavy atom. The molecule has 2 rings (SSSR count). The highest BCUT2D eigenvalue weighted by Crippen LogP contribution is 2.33. The monoisotopic (exact) mass is 293 g/mol. The second-order valence-corrected chi connectivity index (χ2v) is 6.51. The minimum Gasteiger partial charge on any atom is -0.370 e. The van der Waals surface area contributed by atoms with Crippen molar-refractivity contribution in [1.29, 1.82) is 0 Å². The first kappa shape index (κ1) is 14.3. The van der Waals surface area contributed by atoms with Crippen LogP contribution in [0.5, 0.6) is 0 Å². The summed E-state index contributed by atoms with van der Waals surface area (Å²) in [5.74, 6) is -1.04. The maximum atomic E-state index is 12.0. The van der Waals surface area contributed by atoms with Crippen LogP contribution in [0.25, 0.3) is 0 Å². The van der Waals surface area contributed by atoms with Crippen LogP contribution in [-0.2, 0) is 9.84 Å². The lowest BCUT2D eigenvalue weighted by molar-refractivity contribution is 0.100. The molecule has 106 valence electrons. The Morgan fingerprint density at radius 2 is 1.95 bits per heavy atom. The van der Waals surface area contributed by atoms with Crippen LogP contribution in [0.3, 0.4) is 0 Å². The molecule has 0 saturated heterocycles. The van der Waals surface area contributed by atoms with Gasteiger partial charge in [0.05, 0.1) is 4.90 Å². The van der Waals surface area contributed by atoms with Gasteiger partial charge >= 0.3 is 0 Å². The minimum absolute atomic E-state index is 0.0283. The molecule has 0 spiro atoms. The van der Waals surface area contributed by atoms with E-state index in [2.05, 4.69) is 4.99 Å². The Labute approximate surface area is 117 Å². The van der Waals surface area contributed by atoms with E-state index in [0.717, 1.165) is 5.41 Å². The Morgan fingerprint density at radius 3 is 2.55 bits per heavy atom. The molecule has 0 radical (unpaired) electrons. The lowest BCUT2D eigenvalue weighted by atomic mass is 9.96. The van der Waals surface area contributed by atoms with E-state index in [9.17, 15) is 13.2 Å². The van der Waals surface area contributed by atoms with E-state index >= 15 is 0 Å². The van der Waals surface area contributed by atoms with Gasteiger partial charge in [-0.05, 0) is 24.1 Å². The third-order valence-electron chi connectivity index (χ3n) is 3.16. The molecule has 1 heterocycles. The predicted octanol–water partition coefficient (Wildman–Crippen LogP) is 0.813. The third-order valence-corrected chi connectivity index (χ3v) is 4.64. The summed E-state index contributed by atoms with van der Waals surface area (Å²) >= 11 is 0. The van der Waals surface area contributed by atoms with Crippen molar-refractivity contribution >= 4 is 21.7 Å². The van der Waals surface area contributed by atoms with Crippen molar-refractivity contribution in [2.75, 3.05) is 0 Å². The summed E-state index contributed by atoms with van der Waals surface area (Å²) in [4.78, 5) is 15.5. The number of benzene rings is 1. The van der Waals surface area contributed by atoms with Crippen molar-refractivity contribution in [2.45, 2.75) is 24.7 Å². The number of aliphatic imine (C=N–C) groups is 1. The summed E-state index contributed by atoms with van der Waals surface area (Å²) in [6, 6.07) is 3.03. The Hall–Kier alpha value is -2.15. The molecule has 0 bridgehead atoms. The number of carbonyl (C=O) groups excluding carboxylic acids is 1. The number of carbonyl (C=O) groups is 1. The molecular formula is C13H15N3O3S. The van der Waals surface area contributed by atoms with Gasteiger partial charge in [0.25, 0.3) is 5.91 Å². The van der Waals surface area contributed by atoms with E-state index in [-0.39, 0.29) is 22.3 Å². The fourth-order valence-electron chi connectivity index (χ4n) is 2.12. The molecule has 0 aromatic heterocycles. The molecule has 20 heavy (non-hydrogen) atoms. The lowest BCUT2D eigenvalue weighted by Crippen LogP contribution is -2.24. The Balaban J connectivity index is 2.67. The van der Waals surface area contributed by atoms with E-state index in [1.807, 2.05) is 6.92 Å². The lowest BCUT2D eigenvalue weighted by Gasteiger charge is -2.19. The molecule has 0 saturated carbocycles. The van der Waals surface area contributed by atoms with Crippen molar-refractivity contribution < 1.29 is 13.2 Å². The van der Waals surface area contributed by atoms with Crippen LogP contribution >= 0.6 is 0 Å². The van der Waals surface area contributed by atoms with Crippen molar-refractivity contribution in [3.05, 3.63) is 40.3 Å². The number of nitrogens with two attached hydrogens (primary N) is 2. The van der Waals surface area contributed by atoms with Crippen LogP contribution in [0.2, 0.25) is 0 Å². The fourth-order valence-corrected chi connectivity index (χ4v) is 3.56. The SMILES string of the molecule is Cc1cc2c(cc1C(=O)N=C(N)N)S(=O)(=O)C=CC2C. The number of amides is 1. The maximum Gasteiger partial charge on any atom is 0.280 e. The van der Waals surface area contributed by atoms with Gasteiger partial charge < -0.3 is 11.5 Å². The Kier molecular flexibility index (Phi) is 3.39. The maximum absolute atomic E-state index is 12.0. The number of sulfone groups is 1. The molecule has 4 N–H and O–H groups in total. The largest absolute Gasteiger partial charge is 0.370 e. The molecule has 1 aromatic carbocycles. The highest BCUT2D eigenvalue weighted by molar-refractivity contribution is 7.94. The van der Waals surface area contributed by atoms with Crippen LogP contribution in [0.15, 0.2) is 33.5 Å². The van der Waals surface area contributed by atoms with E-state index < -0.39 is 15.7 Å². The van der Waals surface area contributed by atoms with Crippen LogP contribution < -0.4 is 11.5 Å². The molecule has 1 aromatic rings. The molecule has 1 aliphatic heterocycles. The third kappa shape index (κ3) is 2.44. The van der Waals surface area contributed by atoms with Gasteiger partial charge in [-0.2, -0.15) is 4.99 Å². The van der Waals surface area contributed by atoms with Crippen molar-refractivity contribution in [3.8, 4) is 0 Å². The number of rotatable bonds is 1. The molecule has 7 heteroatoms. The number of hydrogen-bond acceptors (Lipinski definition) is 3. The molecule has 1 aliphatic rings. The highest BCUT2D eigenvalue weighted by Gasteiger charge is 2.26. The summed E-state index contributed by atoms with van der Waals surface area (Å²) in [6.45, 7) is 3.61. The number of fused-ring (bicyclic) bond motifs is 1. The molecule has 0 aliphatic carbocycles. The molecule has 1 unspecified atom stereocenters. The second kappa shape index (κ2) is 4.75. The summed E-state index contributed by atoms with van der Waals surface area (Å²) in [7, 11) is -3.52. The molecule has 1 amide bonds. The average Bonchev–Trinajstić information content (AvgIpc) is 2.33. The second-order valence-electron chi connectivity index (χ2n) is 4.71. The van der Waals surface area contributed by atoms with Gasteiger partial charge in [-0.15, -0.1) is 0 Å². The van der Waals surface area contributed by atoms with E-state index in [1.54, 1.807) is 19.1 Å². The zero-order valence-corrected chi connectivity index (χ0v) is 11.9. The van der Waals surface area contributed by atoms with E-state index in [1.165, 1.54) is 6.07 Å². The molecule has 6 nitrogen and oxygen atoms in total. The first-order valence-electron chi connectivity index (χ1n) is 5.94. The van der Waals surface area contributed by atoms with Gasteiger partial charge in [-0.1, -0.05) is 19.1 Å². The predicted molar refractivity (Wildman–Crippen MR) is 76.1 cm³/mol. The smallest absolute Gasteiger partial charge is 0.280 e. The average molecular weight is 293 g/mol. The number of nitrogens with zero attached hydrogens (tertiary/aromatic N) is 1. The summed E-state index contributed by atoms with van der Waals surface area (Å²) in [5.41, 5.74) is 11.8. The molecular weight excluding hydrogens is 278 g/mol. The zero-order chi connectivity index (χ0) is 15.1. The van der Waals surface area contributed by atoms with Gasteiger partial charge in [0.2, 0.25) is 0 Å². The van der Waals surface area contributed by atoms with Gasteiger partial charge in [0, 0.05) is 16.9 Å². The molecule has 1 atom stereocenters.